The summed E-state index contributed by atoms with van der Waals surface area (Å²) < 4.78 is 1.77. The van der Waals surface area contributed by atoms with Crippen molar-refractivity contribution in [1.29, 1.82) is 0 Å². The first kappa shape index (κ1) is 12.6. The molecule has 18 heavy (non-hydrogen) atoms. The second kappa shape index (κ2) is 4.44. The number of hydrogen-bond donors (Lipinski definition) is 2. The van der Waals surface area contributed by atoms with Crippen LogP contribution < -0.4 is 5.32 Å². The predicted molar refractivity (Wildman–Crippen MR) is 63.8 cm³/mol. The van der Waals surface area contributed by atoms with E-state index in [0.29, 0.717) is 13.0 Å². The SMILES string of the molecule is Cc1nn(C)c(C)c1CNC(=O)[C@@H]1C[C@@H]1C(=O)O. The quantitative estimate of drug-likeness (QED) is 0.810. The number of carboxylic acids is 1. The Morgan fingerprint density at radius 3 is 2.56 bits per heavy atom. The third-order valence-corrected chi connectivity index (χ3v) is 3.54. The molecule has 6 heteroatoms. The molecule has 0 unspecified atom stereocenters. The molecule has 0 saturated heterocycles. The Labute approximate surface area is 105 Å². The highest BCUT2D eigenvalue weighted by atomic mass is 16.4. The first-order valence-corrected chi connectivity index (χ1v) is 5.91. The van der Waals surface area contributed by atoms with Crippen molar-refractivity contribution >= 4 is 11.9 Å². The molecule has 2 rings (SSSR count). The zero-order valence-corrected chi connectivity index (χ0v) is 10.7. The molecule has 1 aromatic heterocycles. The van der Waals surface area contributed by atoms with E-state index in [1.165, 1.54) is 0 Å². The average Bonchev–Trinajstić information content (AvgIpc) is 3.04. The second-order valence-corrected chi connectivity index (χ2v) is 4.78. The molecule has 1 aliphatic rings. The van der Waals surface area contributed by atoms with Crippen molar-refractivity contribution in [2.45, 2.75) is 26.8 Å². The van der Waals surface area contributed by atoms with E-state index in [1.807, 2.05) is 20.9 Å². The lowest BCUT2D eigenvalue weighted by Gasteiger charge is -2.05. The molecule has 0 bridgehead atoms. The maximum absolute atomic E-state index is 11.7. The molecule has 98 valence electrons. The number of aryl methyl sites for hydroxylation is 2. The van der Waals surface area contributed by atoms with Crippen LogP contribution in [0, 0.1) is 25.7 Å². The Balaban J connectivity index is 1.93. The molecule has 1 saturated carbocycles. The summed E-state index contributed by atoms with van der Waals surface area (Å²) in [4.78, 5) is 22.4. The van der Waals surface area contributed by atoms with Crippen LogP contribution in [0.2, 0.25) is 0 Å². The fourth-order valence-corrected chi connectivity index (χ4v) is 2.14. The van der Waals surface area contributed by atoms with E-state index < -0.39 is 11.9 Å². The van der Waals surface area contributed by atoms with Crippen molar-refractivity contribution < 1.29 is 14.7 Å². The molecule has 1 aromatic rings. The van der Waals surface area contributed by atoms with E-state index >= 15 is 0 Å². The lowest BCUT2D eigenvalue weighted by atomic mass is 10.2. The summed E-state index contributed by atoms with van der Waals surface area (Å²) in [6, 6.07) is 0. The fraction of sp³-hybridized carbons (Fsp3) is 0.583. The normalized spacial score (nSPS) is 21.7. The van der Waals surface area contributed by atoms with Crippen molar-refractivity contribution in [2.75, 3.05) is 0 Å². The number of rotatable bonds is 4. The van der Waals surface area contributed by atoms with Crippen molar-refractivity contribution in [3.63, 3.8) is 0 Å². The topological polar surface area (TPSA) is 84.2 Å². The maximum atomic E-state index is 11.7. The van der Waals surface area contributed by atoms with Crippen molar-refractivity contribution in [1.82, 2.24) is 15.1 Å². The molecule has 0 spiro atoms. The van der Waals surface area contributed by atoms with Crippen molar-refractivity contribution in [3.8, 4) is 0 Å². The number of aliphatic carboxylic acids is 1. The first-order chi connectivity index (χ1) is 8.41. The Kier molecular flexibility index (Phi) is 3.11. The van der Waals surface area contributed by atoms with Gasteiger partial charge in [-0.3, -0.25) is 14.3 Å². The molecule has 1 heterocycles. The Morgan fingerprint density at radius 1 is 1.44 bits per heavy atom. The molecule has 1 fully saturated rings. The lowest BCUT2D eigenvalue weighted by molar-refractivity contribution is -0.140. The molecule has 6 nitrogen and oxygen atoms in total. The predicted octanol–water partition coefficient (Wildman–Crippen LogP) is 0.374. The van der Waals surface area contributed by atoms with Gasteiger partial charge in [0.2, 0.25) is 5.91 Å². The summed E-state index contributed by atoms with van der Waals surface area (Å²) in [5.74, 6) is -1.92. The summed E-state index contributed by atoms with van der Waals surface area (Å²) in [6.07, 6.45) is 0.451. The van der Waals surface area contributed by atoms with Gasteiger partial charge in [-0.15, -0.1) is 0 Å². The van der Waals surface area contributed by atoms with Gasteiger partial charge in [-0.2, -0.15) is 5.10 Å². The molecular formula is C12H17N3O3. The highest BCUT2D eigenvalue weighted by molar-refractivity contribution is 5.89. The van der Waals surface area contributed by atoms with Crippen LogP contribution in [0.15, 0.2) is 0 Å². The second-order valence-electron chi connectivity index (χ2n) is 4.78. The number of carbonyl (C=O) groups excluding carboxylic acids is 1. The van der Waals surface area contributed by atoms with Gasteiger partial charge in [-0.25, -0.2) is 0 Å². The number of nitrogens with zero attached hydrogens (tertiary/aromatic N) is 2. The molecule has 0 aliphatic heterocycles. The van der Waals surface area contributed by atoms with E-state index in [-0.39, 0.29) is 11.8 Å². The van der Waals surface area contributed by atoms with E-state index in [0.717, 1.165) is 17.0 Å². The first-order valence-electron chi connectivity index (χ1n) is 5.91. The van der Waals surface area contributed by atoms with Crippen LogP contribution in [0.3, 0.4) is 0 Å². The largest absolute Gasteiger partial charge is 0.481 e. The standard InChI is InChI=1S/C12H17N3O3/c1-6-10(7(2)15(3)14-6)5-13-11(16)8-4-9(8)12(17)18/h8-9H,4-5H2,1-3H3,(H,13,16)(H,17,18)/t8-,9+/m1/s1. The average molecular weight is 251 g/mol. The summed E-state index contributed by atoms with van der Waals surface area (Å²) in [5.41, 5.74) is 2.90. The minimum absolute atomic E-state index is 0.176. The summed E-state index contributed by atoms with van der Waals surface area (Å²) in [7, 11) is 1.86. The van der Waals surface area contributed by atoms with E-state index in [2.05, 4.69) is 10.4 Å². The van der Waals surface area contributed by atoms with Gasteiger partial charge in [0.05, 0.1) is 17.5 Å². The zero-order valence-electron chi connectivity index (χ0n) is 10.7. The number of amides is 1. The lowest BCUT2D eigenvalue weighted by Crippen LogP contribution is -2.26. The molecule has 2 atom stereocenters. The number of carbonyl (C=O) groups is 2. The molecule has 1 amide bonds. The Bertz CT molecular complexity index is 507. The fourth-order valence-electron chi connectivity index (χ4n) is 2.14. The zero-order chi connectivity index (χ0) is 13.4. The summed E-state index contributed by atoms with van der Waals surface area (Å²) in [6.45, 7) is 4.25. The highest BCUT2D eigenvalue weighted by Gasteiger charge is 2.48. The third kappa shape index (κ3) is 2.23. The van der Waals surface area contributed by atoms with Gasteiger partial charge in [0.1, 0.15) is 0 Å². The van der Waals surface area contributed by atoms with E-state index in [4.69, 9.17) is 5.11 Å². The highest BCUT2D eigenvalue weighted by Crippen LogP contribution is 2.38. The van der Waals surface area contributed by atoms with Gasteiger partial charge in [-0.1, -0.05) is 0 Å². The van der Waals surface area contributed by atoms with Gasteiger partial charge >= 0.3 is 5.97 Å². The van der Waals surface area contributed by atoms with Crippen LogP contribution in [0.4, 0.5) is 0 Å². The van der Waals surface area contributed by atoms with Crippen LogP contribution in [-0.2, 0) is 23.2 Å². The Morgan fingerprint density at radius 2 is 2.11 bits per heavy atom. The number of hydrogen-bond acceptors (Lipinski definition) is 3. The maximum Gasteiger partial charge on any atom is 0.307 e. The van der Waals surface area contributed by atoms with Gasteiger partial charge < -0.3 is 10.4 Å². The number of aromatic nitrogens is 2. The summed E-state index contributed by atoms with van der Waals surface area (Å²) >= 11 is 0. The van der Waals surface area contributed by atoms with Crippen molar-refractivity contribution in [2.24, 2.45) is 18.9 Å². The molecular weight excluding hydrogens is 234 g/mol. The van der Waals surface area contributed by atoms with Crippen LogP contribution in [0.1, 0.15) is 23.4 Å². The minimum Gasteiger partial charge on any atom is -0.481 e. The van der Waals surface area contributed by atoms with Gasteiger partial charge in [0.15, 0.2) is 0 Å². The van der Waals surface area contributed by atoms with E-state index in [1.54, 1.807) is 4.68 Å². The molecule has 1 aliphatic carbocycles. The summed E-state index contributed by atoms with van der Waals surface area (Å²) in [5, 5.41) is 15.8. The van der Waals surface area contributed by atoms with Crippen LogP contribution in [0.5, 0.6) is 0 Å². The third-order valence-electron chi connectivity index (χ3n) is 3.54. The van der Waals surface area contributed by atoms with Gasteiger partial charge in [0.25, 0.3) is 0 Å². The van der Waals surface area contributed by atoms with Crippen LogP contribution >= 0.6 is 0 Å². The van der Waals surface area contributed by atoms with Crippen LogP contribution in [-0.4, -0.2) is 26.8 Å². The Hall–Kier alpha value is -1.85. The molecule has 0 radical (unpaired) electrons. The van der Waals surface area contributed by atoms with Crippen LogP contribution in [0.25, 0.3) is 0 Å². The monoisotopic (exact) mass is 251 g/mol. The number of nitrogens with one attached hydrogen (secondary N) is 1. The van der Waals surface area contributed by atoms with E-state index in [9.17, 15) is 9.59 Å². The smallest absolute Gasteiger partial charge is 0.307 e. The van der Waals surface area contributed by atoms with Gasteiger partial charge in [-0.05, 0) is 20.3 Å². The molecule has 0 aromatic carbocycles. The number of carboxylic acid groups (broad SMARTS) is 1. The minimum atomic E-state index is -0.885. The van der Waals surface area contributed by atoms with Crippen molar-refractivity contribution in [3.05, 3.63) is 17.0 Å². The molecule has 2 N–H and O–H groups in total. The van der Waals surface area contributed by atoms with Gasteiger partial charge in [0, 0.05) is 24.8 Å².